The fourth-order valence-corrected chi connectivity index (χ4v) is 2.88. The standard InChI is InChI=1S/C11H17NO/c1-2-9-5-8(1)6-11(9)13-10-3-4-12-7-10/h1-2,8-12H,3-7H2. The van der Waals surface area contributed by atoms with Crippen molar-refractivity contribution in [2.45, 2.75) is 31.5 Å². The molecule has 4 atom stereocenters. The van der Waals surface area contributed by atoms with Crippen molar-refractivity contribution < 1.29 is 4.74 Å². The highest BCUT2D eigenvalue weighted by atomic mass is 16.5. The summed E-state index contributed by atoms with van der Waals surface area (Å²) in [5.41, 5.74) is 0. The van der Waals surface area contributed by atoms with Crippen molar-refractivity contribution in [3.8, 4) is 0 Å². The van der Waals surface area contributed by atoms with Crippen LogP contribution in [-0.2, 0) is 4.74 Å². The van der Waals surface area contributed by atoms with E-state index in [0.717, 1.165) is 24.9 Å². The third-order valence-electron chi connectivity index (χ3n) is 3.60. The summed E-state index contributed by atoms with van der Waals surface area (Å²) >= 11 is 0. The van der Waals surface area contributed by atoms with Gasteiger partial charge >= 0.3 is 0 Å². The maximum atomic E-state index is 6.09. The van der Waals surface area contributed by atoms with Gasteiger partial charge < -0.3 is 10.1 Å². The summed E-state index contributed by atoms with van der Waals surface area (Å²) < 4.78 is 6.09. The summed E-state index contributed by atoms with van der Waals surface area (Å²) in [4.78, 5) is 0. The Labute approximate surface area is 79.3 Å². The molecule has 1 saturated carbocycles. The van der Waals surface area contributed by atoms with Crippen molar-refractivity contribution in [2.24, 2.45) is 11.8 Å². The van der Waals surface area contributed by atoms with E-state index in [4.69, 9.17) is 4.74 Å². The molecule has 13 heavy (non-hydrogen) atoms. The largest absolute Gasteiger partial charge is 0.373 e. The second kappa shape index (κ2) is 3.10. The Bertz CT molecular complexity index is 220. The van der Waals surface area contributed by atoms with E-state index >= 15 is 0 Å². The molecule has 2 bridgehead atoms. The van der Waals surface area contributed by atoms with Crippen molar-refractivity contribution in [3.63, 3.8) is 0 Å². The zero-order valence-electron chi connectivity index (χ0n) is 7.91. The van der Waals surface area contributed by atoms with E-state index in [2.05, 4.69) is 17.5 Å². The number of hydrogen-bond donors (Lipinski definition) is 1. The van der Waals surface area contributed by atoms with Crippen LogP contribution in [0.4, 0.5) is 0 Å². The summed E-state index contributed by atoms with van der Waals surface area (Å²) in [5.74, 6) is 1.58. The highest BCUT2D eigenvalue weighted by Crippen LogP contribution is 2.41. The monoisotopic (exact) mass is 179 g/mol. The third-order valence-corrected chi connectivity index (χ3v) is 3.60. The molecule has 2 heteroatoms. The topological polar surface area (TPSA) is 21.3 Å². The molecule has 4 unspecified atom stereocenters. The SMILES string of the molecule is C1=CC2CC1CC2OC1CCNC1. The smallest absolute Gasteiger partial charge is 0.0715 e. The average Bonchev–Trinajstić information content (AvgIpc) is 2.77. The molecule has 1 saturated heterocycles. The first-order valence-corrected chi connectivity index (χ1v) is 5.46. The van der Waals surface area contributed by atoms with E-state index < -0.39 is 0 Å². The number of rotatable bonds is 2. The van der Waals surface area contributed by atoms with Crippen LogP contribution in [0.1, 0.15) is 19.3 Å². The molecule has 2 fully saturated rings. The first-order chi connectivity index (χ1) is 6.42. The summed E-state index contributed by atoms with van der Waals surface area (Å²) in [6.07, 6.45) is 9.61. The molecule has 0 aromatic heterocycles. The van der Waals surface area contributed by atoms with E-state index in [-0.39, 0.29) is 0 Å². The predicted octanol–water partition coefficient (Wildman–Crippen LogP) is 1.33. The minimum atomic E-state index is 0.498. The van der Waals surface area contributed by atoms with Crippen molar-refractivity contribution in [1.82, 2.24) is 5.32 Å². The molecule has 72 valence electrons. The first-order valence-electron chi connectivity index (χ1n) is 5.46. The van der Waals surface area contributed by atoms with Gasteiger partial charge in [0.1, 0.15) is 0 Å². The van der Waals surface area contributed by atoms with E-state index in [0.29, 0.717) is 12.2 Å². The van der Waals surface area contributed by atoms with Crippen molar-refractivity contribution in [1.29, 1.82) is 0 Å². The quantitative estimate of drug-likeness (QED) is 0.646. The van der Waals surface area contributed by atoms with Crippen molar-refractivity contribution in [2.75, 3.05) is 13.1 Å². The zero-order chi connectivity index (χ0) is 8.67. The van der Waals surface area contributed by atoms with Gasteiger partial charge in [-0.25, -0.2) is 0 Å². The van der Waals surface area contributed by atoms with Gasteiger partial charge in [0, 0.05) is 12.5 Å². The van der Waals surface area contributed by atoms with Gasteiger partial charge in [-0.1, -0.05) is 12.2 Å². The first kappa shape index (κ1) is 8.01. The summed E-state index contributed by atoms with van der Waals surface area (Å²) in [6, 6.07) is 0. The zero-order valence-corrected chi connectivity index (χ0v) is 7.91. The molecule has 0 aromatic rings. The van der Waals surface area contributed by atoms with Gasteiger partial charge in [0.05, 0.1) is 12.2 Å². The number of fused-ring (bicyclic) bond motifs is 2. The maximum absolute atomic E-state index is 6.09. The van der Waals surface area contributed by atoms with Crippen LogP contribution in [0.2, 0.25) is 0 Å². The molecule has 3 aliphatic rings. The Morgan fingerprint density at radius 3 is 2.85 bits per heavy atom. The van der Waals surface area contributed by atoms with Gasteiger partial charge in [0.2, 0.25) is 0 Å². The van der Waals surface area contributed by atoms with Gasteiger partial charge in [-0.15, -0.1) is 0 Å². The van der Waals surface area contributed by atoms with Crippen molar-refractivity contribution in [3.05, 3.63) is 12.2 Å². The molecule has 3 rings (SSSR count). The molecule has 2 aliphatic carbocycles. The van der Waals surface area contributed by atoms with E-state index in [1.807, 2.05) is 0 Å². The minimum absolute atomic E-state index is 0.498. The van der Waals surface area contributed by atoms with Crippen molar-refractivity contribution >= 4 is 0 Å². The fraction of sp³-hybridized carbons (Fsp3) is 0.818. The Morgan fingerprint density at radius 2 is 2.23 bits per heavy atom. The molecule has 0 amide bonds. The van der Waals surface area contributed by atoms with Crippen LogP contribution in [0, 0.1) is 11.8 Å². The molecule has 0 spiro atoms. The Morgan fingerprint density at radius 1 is 1.23 bits per heavy atom. The van der Waals surface area contributed by atoms with Crippen LogP contribution in [0.15, 0.2) is 12.2 Å². The molecule has 0 radical (unpaired) electrons. The summed E-state index contributed by atoms with van der Waals surface area (Å²) in [5, 5.41) is 3.35. The van der Waals surface area contributed by atoms with E-state index in [1.165, 1.54) is 19.3 Å². The van der Waals surface area contributed by atoms with Gasteiger partial charge in [-0.3, -0.25) is 0 Å². The van der Waals surface area contributed by atoms with Gasteiger partial charge in [-0.05, 0) is 31.7 Å². The third kappa shape index (κ3) is 1.42. The molecule has 1 N–H and O–H groups in total. The number of ether oxygens (including phenoxy) is 1. The van der Waals surface area contributed by atoms with Crippen LogP contribution in [-0.4, -0.2) is 25.3 Å². The summed E-state index contributed by atoms with van der Waals surface area (Å²) in [6.45, 7) is 2.21. The minimum Gasteiger partial charge on any atom is -0.373 e. The lowest BCUT2D eigenvalue weighted by atomic mass is 10.0. The summed E-state index contributed by atoms with van der Waals surface area (Å²) in [7, 11) is 0. The lowest BCUT2D eigenvalue weighted by molar-refractivity contribution is -0.0142. The normalized spacial score (nSPS) is 47.7. The molecular formula is C11H17NO. The molecule has 2 nitrogen and oxygen atoms in total. The van der Waals surface area contributed by atoms with E-state index in [1.54, 1.807) is 0 Å². The Hall–Kier alpha value is -0.340. The second-order valence-electron chi connectivity index (χ2n) is 4.57. The molecule has 0 aromatic carbocycles. The number of nitrogens with one attached hydrogen (secondary N) is 1. The average molecular weight is 179 g/mol. The second-order valence-corrected chi connectivity index (χ2v) is 4.57. The number of allylic oxidation sites excluding steroid dienone is 1. The Kier molecular flexibility index (Phi) is 1.91. The fourth-order valence-electron chi connectivity index (χ4n) is 2.88. The van der Waals surface area contributed by atoms with Crippen LogP contribution < -0.4 is 5.32 Å². The van der Waals surface area contributed by atoms with Crippen LogP contribution in [0.5, 0.6) is 0 Å². The molecular weight excluding hydrogens is 162 g/mol. The lowest BCUT2D eigenvalue weighted by Crippen LogP contribution is -2.26. The Balaban J connectivity index is 1.58. The maximum Gasteiger partial charge on any atom is 0.0715 e. The van der Waals surface area contributed by atoms with Crippen LogP contribution in [0.25, 0.3) is 0 Å². The number of hydrogen-bond acceptors (Lipinski definition) is 2. The van der Waals surface area contributed by atoms with Crippen LogP contribution in [0.3, 0.4) is 0 Å². The highest BCUT2D eigenvalue weighted by Gasteiger charge is 2.37. The highest BCUT2D eigenvalue weighted by molar-refractivity contribution is 5.11. The van der Waals surface area contributed by atoms with Gasteiger partial charge in [0.15, 0.2) is 0 Å². The van der Waals surface area contributed by atoms with Crippen LogP contribution >= 0.6 is 0 Å². The molecule has 1 heterocycles. The predicted molar refractivity (Wildman–Crippen MR) is 51.5 cm³/mol. The molecule has 1 aliphatic heterocycles. The van der Waals surface area contributed by atoms with Gasteiger partial charge in [0.25, 0.3) is 0 Å². The lowest BCUT2D eigenvalue weighted by Gasteiger charge is -2.22. The van der Waals surface area contributed by atoms with Gasteiger partial charge in [-0.2, -0.15) is 0 Å². The van der Waals surface area contributed by atoms with E-state index in [9.17, 15) is 0 Å².